The van der Waals surface area contributed by atoms with E-state index in [2.05, 4.69) is 15.5 Å². The number of thiophene rings is 1. The van der Waals surface area contributed by atoms with Crippen molar-refractivity contribution in [1.29, 1.82) is 0 Å². The van der Waals surface area contributed by atoms with Gasteiger partial charge in [0.25, 0.3) is 0 Å². The van der Waals surface area contributed by atoms with Crippen molar-refractivity contribution in [2.45, 2.75) is 31.8 Å². The van der Waals surface area contributed by atoms with Gasteiger partial charge in [0, 0.05) is 16.0 Å². The zero-order valence-electron chi connectivity index (χ0n) is 20.2. The zero-order valence-corrected chi connectivity index (χ0v) is 21.9. The molecule has 7 nitrogen and oxygen atoms in total. The Morgan fingerprint density at radius 2 is 1.61 bits per heavy atom. The van der Waals surface area contributed by atoms with Crippen molar-refractivity contribution in [2.75, 3.05) is 17.7 Å². The number of aromatic nitrogens is 3. The van der Waals surface area contributed by atoms with E-state index < -0.39 is 5.97 Å². The lowest BCUT2D eigenvalue weighted by atomic mass is 10.0. The molecule has 0 saturated heterocycles. The topological polar surface area (TPSA) is 94.1 Å². The summed E-state index contributed by atoms with van der Waals surface area (Å²) in [4.78, 5) is 30.9. The number of rotatable bonds is 9. The van der Waals surface area contributed by atoms with Crippen LogP contribution in [-0.2, 0) is 9.53 Å². The summed E-state index contributed by atoms with van der Waals surface area (Å²) in [7, 11) is 0. The molecular formula is C27H26N4O3S2. The van der Waals surface area contributed by atoms with Crippen molar-refractivity contribution in [3.63, 3.8) is 0 Å². The van der Waals surface area contributed by atoms with E-state index in [0.29, 0.717) is 27.1 Å². The molecule has 0 saturated carbocycles. The van der Waals surface area contributed by atoms with Gasteiger partial charge in [-0.1, -0.05) is 86.3 Å². The molecule has 36 heavy (non-hydrogen) atoms. The van der Waals surface area contributed by atoms with Gasteiger partial charge >= 0.3 is 5.97 Å². The number of hydrogen-bond acceptors (Lipinski definition) is 8. The number of thioether (sulfide) groups is 1. The minimum absolute atomic E-state index is 0.0672. The van der Waals surface area contributed by atoms with Crippen molar-refractivity contribution < 1.29 is 14.3 Å². The molecule has 1 amide bonds. The number of carbonyl (C=O) groups is 2. The third kappa shape index (κ3) is 6.16. The third-order valence-electron chi connectivity index (χ3n) is 5.16. The van der Waals surface area contributed by atoms with E-state index in [-0.39, 0.29) is 24.2 Å². The van der Waals surface area contributed by atoms with Crippen LogP contribution < -0.4 is 5.32 Å². The van der Waals surface area contributed by atoms with Crippen LogP contribution in [0.2, 0.25) is 0 Å². The Balaban J connectivity index is 1.53. The molecule has 0 aliphatic heterocycles. The lowest BCUT2D eigenvalue weighted by Gasteiger charge is -2.09. The minimum Gasteiger partial charge on any atom is -0.462 e. The van der Waals surface area contributed by atoms with Gasteiger partial charge in [0.05, 0.1) is 17.9 Å². The highest BCUT2D eigenvalue weighted by Crippen LogP contribution is 2.34. The zero-order chi connectivity index (χ0) is 25.5. The fourth-order valence-corrected chi connectivity index (χ4v) is 5.05. The number of amides is 1. The average molecular weight is 519 g/mol. The molecule has 2 heterocycles. The lowest BCUT2D eigenvalue weighted by molar-refractivity contribution is -0.113. The second-order valence-corrected chi connectivity index (χ2v) is 10.2. The van der Waals surface area contributed by atoms with Gasteiger partial charge in [0.2, 0.25) is 11.1 Å². The fourth-order valence-electron chi connectivity index (χ4n) is 3.40. The molecule has 0 unspecified atom stereocenters. The van der Waals surface area contributed by atoms with Gasteiger partial charge in [-0.05, 0) is 18.9 Å². The summed E-state index contributed by atoms with van der Waals surface area (Å²) in [5.41, 5.74) is 3.58. The second kappa shape index (κ2) is 11.9. The van der Waals surface area contributed by atoms with Crippen LogP contribution in [0.4, 0.5) is 5.00 Å². The van der Waals surface area contributed by atoms with Crippen LogP contribution in [0.3, 0.4) is 0 Å². The minimum atomic E-state index is -0.444. The maximum Gasteiger partial charge on any atom is 0.341 e. The molecule has 2 aromatic heterocycles. The molecule has 4 aromatic rings. The van der Waals surface area contributed by atoms with E-state index in [1.165, 1.54) is 23.1 Å². The van der Waals surface area contributed by atoms with Crippen molar-refractivity contribution in [1.82, 2.24) is 15.2 Å². The van der Waals surface area contributed by atoms with E-state index >= 15 is 0 Å². The van der Waals surface area contributed by atoms with Crippen molar-refractivity contribution in [2.24, 2.45) is 0 Å². The summed E-state index contributed by atoms with van der Waals surface area (Å²) in [5, 5.41) is 12.5. The fraction of sp³-hybridized carbons (Fsp3) is 0.222. The van der Waals surface area contributed by atoms with Gasteiger partial charge in [-0.15, -0.1) is 21.5 Å². The molecule has 0 radical (unpaired) electrons. The summed E-state index contributed by atoms with van der Waals surface area (Å²) in [6.07, 6.45) is 0. The summed E-state index contributed by atoms with van der Waals surface area (Å²) >= 11 is 2.58. The predicted octanol–water partition coefficient (Wildman–Crippen LogP) is 6.30. The Hall–Kier alpha value is -3.56. The predicted molar refractivity (Wildman–Crippen MR) is 144 cm³/mol. The van der Waals surface area contributed by atoms with Crippen molar-refractivity contribution >= 4 is 40.0 Å². The molecule has 0 atom stereocenters. The molecule has 4 rings (SSSR count). The lowest BCUT2D eigenvalue weighted by Crippen LogP contribution is -2.16. The van der Waals surface area contributed by atoms with Crippen LogP contribution >= 0.6 is 23.1 Å². The molecule has 0 spiro atoms. The Morgan fingerprint density at radius 3 is 2.22 bits per heavy atom. The standard InChI is InChI=1S/C27H26N4O3S2/c1-4-34-26(33)20-15-21(17(2)3)36-25(20)28-22(32)16-35-27-29-23(18-11-7-5-8-12-18)24(30-31-27)19-13-9-6-10-14-19/h5-15,17H,4,16H2,1-3H3,(H,28,32). The van der Waals surface area contributed by atoms with E-state index in [0.717, 1.165) is 16.0 Å². The molecular weight excluding hydrogens is 492 g/mol. The van der Waals surface area contributed by atoms with E-state index in [4.69, 9.17) is 9.72 Å². The van der Waals surface area contributed by atoms with E-state index in [9.17, 15) is 9.59 Å². The molecule has 9 heteroatoms. The van der Waals surface area contributed by atoms with Crippen LogP contribution in [0.1, 0.15) is 41.9 Å². The Labute approximate surface area is 218 Å². The summed E-state index contributed by atoms with van der Waals surface area (Å²) in [6, 6.07) is 21.3. The van der Waals surface area contributed by atoms with Gasteiger partial charge < -0.3 is 10.1 Å². The maximum absolute atomic E-state index is 12.8. The third-order valence-corrected chi connectivity index (χ3v) is 7.35. The largest absolute Gasteiger partial charge is 0.462 e. The van der Waals surface area contributed by atoms with E-state index in [1.54, 1.807) is 13.0 Å². The number of anilines is 1. The quantitative estimate of drug-likeness (QED) is 0.205. The van der Waals surface area contributed by atoms with Crippen LogP contribution in [-0.4, -0.2) is 39.4 Å². The molecule has 0 aliphatic carbocycles. The van der Waals surface area contributed by atoms with Gasteiger partial charge in [0.15, 0.2) is 0 Å². The molecule has 184 valence electrons. The number of esters is 1. The van der Waals surface area contributed by atoms with Gasteiger partial charge in [-0.25, -0.2) is 9.78 Å². The maximum atomic E-state index is 12.8. The number of hydrogen-bond donors (Lipinski definition) is 1. The molecule has 1 N–H and O–H groups in total. The molecule has 0 fully saturated rings. The van der Waals surface area contributed by atoms with E-state index in [1.807, 2.05) is 74.5 Å². The van der Waals surface area contributed by atoms with Crippen molar-refractivity contribution in [3.05, 3.63) is 77.2 Å². The number of carbonyl (C=O) groups excluding carboxylic acids is 2. The molecule has 0 aliphatic rings. The van der Waals surface area contributed by atoms with Crippen LogP contribution in [0.5, 0.6) is 0 Å². The monoisotopic (exact) mass is 518 g/mol. The SMILES string of the molecule is CCOC(=O)c1cc(C(C)C)sc1NC(=O)CSc1nnc(-c2ccccc2)c(-c2ccccc2)n1. The first-order chi connectivity index (χ1) is 17.5. The van der Waals surface area contributed by atoms with Crippen LogP contribution in [0.15, 0.2) is 71.9 Å². The summed E-state index contributed by atoms with van der Waals surface area (Å²) < 4.78 is 5.16. The second-order valence-electron chi connectivity index (χ2n) is 8.13. The highest BCUT2D eigenvalue weighted by atomic mass is 32.2. The number of benzene rings is 2. The number of ether oxygens (including phenoxy) is 1. The molecule has 2 aromatic carbocycles. The summed E-state index contributed by atoms with van der Waals surface area (Å²) in [6.45, 7) is 6.09. The average Bonchev–Trinajstić information content (AvgIpc) is 3.33. The van der Waals surface area contributed by atoms with Crippen LogP contribution in [0.25, 0.3) is 22.5 Å². The Kier molecular flexibility index (Phi) is 8.45. The highest BCUT2D eigenvalue weighted by molar-refractivity contribution is 7.99. The summed E-state index contributed by atoms with van der Waals surface area (Å²) in [5.74, 6) is -0.417. The smallest absolute Gasteiger partial charge is 0.341 e. The Bertz CT molecular complexity index is 1340. The first kappa shape index (κ1) is 25.5. The van der Waals surface area contributed by atoms with Crippen LogP contribution in [0, 0.1) is 0 Å². The normalized spacial score (nSPS) is 10.9. The van der Waals surface area contributed by atoms with Gasteiger partial charge in [0.1, 0.15) is 16.4 Å². The molecule has 0 bridgehead atoms. The first-order valence-electron chi connectivity index (χ1n) is 11.5. The highest BCUT2D eigenvalue weighted by Gasteiger charge is 2.21. The Morgan fingerprint density at radius 1 is 0.972 bits per heavy atom. The van der Waals surface area contributed by atoms with Crippen molar-refractivity contribution in [3.8, 4) is 22.5 Å². The first-order valence-corrected chi connectivity index (χ1v) is 13.4. The number of nitrogens with zero attached hydrogens (tertiary/aromatic N) is 3. The number of nitrogens with one attached hydrogen (secondary N) is 1. The van der Waals surface area contributed by atoms with Gasteiger partial charge in [-0.3, -0.25) is 4.79 Å². The van der Waals surface area contributed by atoms with Gasteiger partial charge in [-0.2, -0.15) is 0 Å².